The molecular weight excluding hydrogens is 332 g/mol. The van der Waals surface area contributed by atoms with E-state index in [9.17, 15) is 9.59 Å². The third kappa shape index (κ3) is 4.96. The molecule has 0 aromatic heterocycles. The number of nitrogens with two attached hydrogens (primary N) is 1. The molecule has 2 N–H and O–H groups in total. The molecule has 4 nitrogen and oxygen atoms in total. The first kappa shape index (κ1) is 18.3. The van der Waals surface area contributed by atoms with Crippen LogP contribution < -0.4 is 5.73 Å². The zero-order valence-corrected chi connectivity index (χ0v) is 14.9. The van der Waals surface area contributed by atoms with Gasteiger partial charge in [-0.15, -0.1) is 0 Å². The van der Waals surface area contributed by atoms with E-state index in [2.05, 4.69) is 0 Å². The largest absolute Gasteiger partial charge is 0.341 e. The van der Waals surface area contributed by atoms with E-state index in [0.717, 1.165) is 5.75 Å². The molecular formula is C17H23ClN2O2S. The Labute approximate surface area is 146 Å². The number of nitrogens with zero attached hydrogens (tertiary/aromatic N) is 1. The standard InChI is InChI=1S/C17H23ClN2O2S/c1-23-11-8-15(19)17(22)20-9-6-13(7-10-20)16(21)12-2-4-14(18)5-3-12/h2-5,13,15H,6-11,19H2,1H3/t15-/m0/s1. The summed E-state index contributed by atoms with van der Waals surface area (Å²) in [5.41, 5.74) is 6.64. The van der Waals surface area contributed by atoms with E-state index in [0.29, 0.717) is 42.9 Å². The zero-order chi connectivity index (χ0) is 16.8. The number of benzene rings is 1. The predicted octanol–water partition coefficient (Wildman–Crippen LogP) is 2.84. The fourth-order valence-corrected chi connectivity index (χ4v) is 3.43. The van der Waals surface area contributed by atoms with Gasteiger partial charge in [-0.25, -0.2) is 0 Å². The van der Waals surface area contributed by atoms with Crippen LogP contribution in [0.2, 0.25) is 5.02 Å². The number of rotatable bonds is 6. The summed E-state index contributed by atoms with van der Waals surface area (Å²) in [5.74, 6) is 1.01. The molecule has 2 rings (SSSR count). The van der Waals surface area contributed by atoms with Gasteiger partial charge in [0.25, 0.3) is 0 Å². The zero-order valence-electron chi connectivity index (χ0n) is 13.3. The maximum absolute atomic E-state index is 12.5. The highest BCUT2D eigenvalue weighted by Gasteiger charge is 2.29. The summed E-state index contributed by atoms with van der Waals surface area (Å²) in [6.45, 7) is 1.21. The molecule has 23 heavy (non-hydrogen) atoms. The molecule has 0 saturated carbocycles. The quantitative estimate of drug-likeness (QED) is 0.798. The van der Waals surface area contributed by atoms with Gasteiger partial charge < -0.3 is 10.6 Å². The van der Waals surface area contributed by atoms with Crippen LogP contribution in [0.25, 0.3) is 0 Å². The maximum Gasteiger partial charge on any atom is 0.239 e. The Morgan fingerprint density at radius 2 is 1.91 bits per heavy atom. The molecule has 126 valence electrons. The van der Waals surface area contributed by atoms with Crippen LogP contribution >= 0.6 is 23.4 Å². The number of hydrogen-bond donors (Lipinski definition) is 1. The van der Waals surface area contributed by atoms with Crippen LogP contribution in [0.1, 0.15) is 29.6 Å². The summed E-state index contributed by atoms with van der Waals surface area (Å²) in [5, 5.41) is 0.626. The van der Waals surface area contributed by atoms with E-state index in [1.807, 2.05) is 6.26 Å². The lowest BCUT2D eigenvalue weighted by molar-refractivity contribution is -0.133. The van der Waals surface area contributed by atoms with Gasteiger partial charge in [0, 0.05) is 29.6 Å². The first-order valence-corrected chi connectivity index (χ1v) is 9.63. The average molecular weight is 355 g/mol. The van der Waals surface area contributed by atoms with Crippen molar-refractivity contribution in [3.63, 3.8) is 0 Å². The van der Waals surface area contributed by atoms with E-state index in [4.69, 9.17) is 17.3 Å². The van der Waals surface area contributed by atoms with E-state index in [1.165, 1.54) is 0 Å². The van der Waals surface area contributed by atoms with Gasteiger partial charge in [0.1, 0.15) is 0 Å². The van der Waals surface area contributed by atoms with Crippen molar-refractivity contribution in [3.8, 4) is 0 Å². The highest BCUT2D eigenvalue weighted by Crippen LogP contribution is 2.23. The van der Waals surface area contributed by atoms with Gasteiger partial charge in [-0.2, -0.15) is 11.8 Å². The van der Waals surface area contributed by atoms with Crippen LogP contribution in [0.5, 0.6) is 0 Å². The lowest BCUT2D eigenvalue weighted by Gasteiger charge is -2.33. The normalized spacial score (nSPS) is 17.1. The SMILES string of the molecule is CSCC[C@H](N)C(=O)N1CCC(C(=O)c2ccc(Cl)cc2)CC1. The van der Waals surface area contributed by atoms with Crippen molar-refractivity contribution in [2.24, 2.45) is 11.7 Å². The number of amides is 1. The summed E-state index contributed by atoms with van der Waals surface area (Å²) in [7, 11) is 0. The number of ketones is 1. The Morgan fingerprint density at radius 3 is 2.48 bits per heavy atom. The molecule has 0 radical (unpaired) electrons. The molecule has 0 spiro atoms. The number of thioether (sulfide) groups is 1. The number of carbonyl (C=O) groups excluding carboxylic acids is 2. The molecule has 0 bridgehead atoms. The van der Waals surface area contributed by atoms with Crippen molar-refractivity contribution in [1.82, 2.24) is 4.90 Å². The van der Waals surface area contributed by atoms with Crippen LogP contribution in [0.3, 0.4) is 0 Å². The van der Waals surface area contributed by atoms with Crippen LogP contribution in [0, 0.1) is 5.92 Å². The smallest absolute Gasteiger partial charge is 0.239 e. The van der Waals surface area contributed by atoms with E-state index in [-0.39, 0.29) is 17.6 Å². The summed E-state index contributed by atoms with van der Waals surface area (Å²) >= 11 is 7.55. The molecule has 1 saturated heterocycles. The predicted molar refractivity (Wildman–Crippen MR) is 96.1 cm³/mol. The maximum atomic E-state index is 12.5. The van der Waals surface area contributed by atoms with Crippen molar-refractivity contribution < 1.29 is 9.59 Å². The van der Waals surface area contributed by atoms with Crippen molar-refractivity contribution in [3.05, 3.63) is 34.9 Å². The molecule has 1 amide bonds. The molecule has 1 fully saturated rings. The second-order valence-corrected chi connectivity index (χ2v) is 7.28. The van der Waals surface area contributed by atoms with Crippen LogP contribution in [-0.4, -0.2) is 47.7 Å². The Balaban J connectivity index is 1.87. The number of halogens is 1. The fraction of sp³-hybridized carbons (Fsp3) is 0.529. The number of likely N-dealkylation sites (tertiary alicyclic amines) is 1. The molecule has 1 heterocycles. The Morgan fingerprint density at radius 1 is 1.30 bits per heavy atom. The Kier molecular flexibility index (Phi) is 6.93. The number of carbonyl (C=O) groups is 2. The van der Waals surface area contributed by atoms with Crippen molar-refractivity contribution in [2.75, 3.05) is 25.1 Å². The van der Waals surface area contributed by atoms with Gasteiger partial charge in [0.15, 0.2) is 5.78 Å². The van der Waals surface area contributed by atoms with Gasteiger partial charge in [0.2, 0.25) is 5.91 Å². The number of Topliss-reactive ketones (excluding diaryl/α,β-unsaturated/α-hetero) is 1. The lowest BCUT2D eigenvalue weighted by atomic mass is 9.88. The fourth-order valence-electron chi connectivity index (χ4n) is 2.81. The molecule has 0 aliphatic carbocycles. The minimum Gasteiger partial charge on any atom is -0.341 e. The minimum atomic E-state index is -0.425. The summed E-state index contributed by atoms with van der Waals surface area (Å²) in [6.07, 6.45) is 4.10. The third-order valence-corrected chi connectivity index (χ3v) is 5.15. The second-order valence-electron chi connectivity index (χ2n) is 5.86. The van der Waals surface area contributed by atoms with E-state index in [1.54, 1.807) is 40.9 Å². The van der Waals surface area contributed by atoms with Gasteiger partial charge in [0.05, 0.1) is 6.04 Å². The molecule has 6 heteroatoms. The molecule has 1 aromatic rings. The highest BCUT2D eigenvalue weighted by atomic mass is 35.5. The Bertz CT molecular complexity index is 542. The van der Waals surface area contributed by atoms with Gasteiger partial charge >= 0.3 is 0 Å². The molecule has 1 aliphatic heterocycles. The van der Waals surface area contributed by atoms with Gasteiger partial charge in [-0.3, -0.25) is 9.59 Å². The van der Waals surface area contributed by atoms with Crippen molar-refractivity contribution >= 4 is 35.1 Å². The first-order chi connectivity index (χ1) is 11.0. The summed E-state index contributed by atoms with van der Waals surface area (Å²) in [4.78, 5) is 26.6. The van der Waals surface area contributed by atoms with Crippen molar-refractivity contribution in [1.29, 1.82) is 0 Å². The molecule has 1 atom stereocenters. The van der Waals surface area contributed by atoms with Crippen LogP contribution in [0.15, 0.2) is 24.3 Å². The van der Waals surface area contributed by atoms with Crippen LogP contribution in [0.4, 0.5) is 0 Å². The molecule has 1 aromatic carbocycles. The van der Waals surface area contributed by atoms with E-state index < -0.39 is 6.04 Å². The monoisotopic (exact) mass is 354 g/mol. The van der Waals surface area contributed by atoms with Gasteiger partial charge in [-0.05, 0) is 55.5 Å². The molecule has 0 unspecified atom stereocenters. The minimum absolute atomic E-state index is 0.0106. The summed E-state index contributed by atoms with van der Waals surface area (Å²) in [6, 6.07) is 6.57. The first-order valence-electron chi connectivity index (χ1n) is 7.86. The van der Waals surface area contributed by atoms with Crippen molar-refractivity contribution in [2.45, 2.75) is 25.3 Å². The topological polar surface area (TPSA) is 63.4 Å². The number of hydrogen-bond acceptors (Lipinski definition) is 4. The van der Waals surface area contributed by atoms with Crippen LogP contribution in [-0.2, 0) is 4.79 Å². The van der Waals surface area contributed by atoms with E-state index >= 15 is 0 Å². The Hall–Kier alpha value is -1.04. The molecule has 1 aliphatic rings. The highest BCUT2D eigenvalue weighted by molar-refractivity contribution is 7.98. The third-order valence-electron chi connectivity index (χ3n) is 4.26. The lowest BCUT2D eigenvalue weighted by Crippen LogP contribution is -2.48. The summed E-state index contributed by atoms with van der Waals surface area (Å²) < 4.78 is 0. The average Bonchev–Trinajstić information content (AvgIpc) is 2.59. The second kappa shape index (κ2) is 8.71. The van der Waals surface area contributed by atoms with Gasteiger partial charge in [-0.1, -0.05) is 11.6 Å². The number of piperidine rings is 1.